The minimum Gasteiger partial charge on any atom is -0.354 e. The number of rotatable bonds is 3. The maximum atomic E-state index is 13.2. The number of hydrogen-bond acceptors (Lipinski definition) is 4. The third-order valence-electron chi connectivity index (χ3n) is 6.33. The SMILES string of the molecule is O=C(C1CCCN(c2ccc(-c3ccc(F)cc3)nn2)C1)N1CCc2ccccc2C1. The van der Waals surface area contributed by atoms with Gasteiger partial charge < -0.3 is 9.80 Å². The lowest BCUT2D eigenvalue weighted by atomic mass is 9.94. The number of nitrogens with zero attached hydrogens (tertiary/aromatic N) is 4. The molecule has 1 atom stereocenters. The van der Waals surface area contributed by atoms with Gasteiger partial charge in [-0.25, -0.2) is 4.39 Å². The molecular formula is C25H25FN4O. The summed E-state index contributed by atoms with van der Waals surface area (Å²) in [6, 6.07) is 18.5. The van der Waals surface area contributed by atoms with Gasteiger partial charge in [0.2, 0.25) is 5.91 Å². The van der Waals surface area contributed by atoms with E-state index in [1.807, 2.05) is 23.1 Å². The Morgan fingerprint density at radius 3 is 2.52 bits per heavy atom. The Balaban J connectivity index is 1.26. The van der Waals surface area contributed by atoms with Crippen molar-refractivity contribution in [2.24, 2.45) is 5.92 Å². The van der Waals surface area contributed by atoms with E-state index in [0.717, 1.165) is 43.7 Å². The number of hydrogen-bond donors (Lipinski definition) is 0. The molecule has 0 spiro atoms. The first-order chi connectivity index (χ1) is 15.2. The number of amides is 1. The normalized spacial score (nSPS) is 18.5. The van der Waals surface area contributed by atoms with E-state index in [2.05, 4.69) is 33.3 Å². The molecule has 0 N–H and O–H groups in total. The summed E-state index contributed by atoms with van der Waals surface area (Å²) < 4.78 is 13.1. The second-order valence-corrected chi connectivity index (χ2v) is 8.35. The van der Waals surface area contributed by atoms with Gasteiger partial charge in [-0.1, -0.05) is 24.3 Å². The van der Waals surface area contributed by atoms with Crippen molar-refractivity contribution in [3.8, 4) is 11.3 Å². The third kappa shape index (κ3) is 4.15. The monoisotopic (exact) mass is 416 g/mol. The van der Waals surface area contributed by atoms with Crippen molar-refractivity contribution < 1.29 is 9.18 Å². The molecular weight excluding hydrogens is 391 g/mol. The molecule has 0 aliphatic carbocycles. The van der Waals surface area contributed by atoms with E-state index in [0.29, 0.717) is 18.8 Å². The Morgan fingerprint density at radius 1 is 0.935 bits per heavy atom. The highest BCUT2D eigenvalue weighted by atomic mass is 19.1. The van der Waals surface area contributed by atoms with Gasteiger partial charge in [-0.15, -0.1) is 10.2 Å². The highest BCUT2D eigenvalue weighted by Gasteiger charge is 2.31. The largest absolute Gasteiger partial charge is 0.354 e. The minimum atomic E-state index is -0.269. The van der Waals surface area contributed by atoms with Gasteiger partial charge in [0, 0.05) is 31.7 Å². The summed E-state index contributed by atoms with van der Waals surface area (Å²) in [4.78, 5) is 17.4. The van der Waals surface area contributed by atoms with Crippen LogP contribution in [0.1, 0.15) is 24.0 Å². The number of carbonyl (C=O) groups excluding carboxylic acids is 1. The van der Waals surface area contributed by atoms with Crippen LogP contribution < -0.4 is 4.90 Å². The number of benzene rings is 2. The van der Waals surface area contributed by atoms with Crippen LogP contribution in [0.4, 0.5) is 10.2 Å². The van der Waals surface area contributed by atoms with Crippen LogP contribution >= 0.6 is 0 Å². The van der Waals surface area contributed by atoms with Gasteiger partial charge in [0.25, 0.3) is 0 Å². The number of anilines is 1. The van der Waals surface area contributed by atoms with Crippen LogP contribution in [-0.4, -0.2) is 40.6 Å². The average Bonchev–Trinajstić information content (AvgIpc) is 2.84. The molecule has 0 saturated carbocycles. The van der Waals surface area contributed by atoms with E-state index in [-0.39, 0.29) is 17.6 Å². The molecule has 3 heterocycles. The van der Waals surface area contributed by atoms with Crippen molar-refractivity contribution in [3.63, 3.8) is 0 Å². The lowest BCUT2D eigenvalue weighted by Gasteiger charge is -2.37. The highest BCUT2D eigenvalue weighted by Crippen LogP contribution is 2.27. The summed E-state index contributed by atoms with van der Waals surface area (Å²) in [5.41, 5.74) is 4.16. The Morgan fingerprint density at radius 2 is 1.74 bits per heavy atom. The van der Waals surface area contributed by atoms with Crippen LogP contribution in [0, 0.1) is 11.7 Å². The van der Waals surface area contributed by atoms with Crippen LogP contribution in [-0.2, 0) is 17.8 Å². The average molecular weight is 417 g/mol. The molecule has 5 rings (SSSR count). The predicted molar refractivity (Wildman–Crippen MR) is 118 cm³/mol. The summed E-state index contributed by atoms with van der Waals surface area (Å²) in [7, 11) is 0. The number of piperidine rings is 1. The van der Waals surface area contributed by atoms with E-state index in [4.69, 9.17) is 0 Å². The van der Waals surface area contributed by atoms with E-state index in [1.54, 1.807) is 12.1 Å². The Labute approximate surface area is 181 Å². The first kappa shape index (κ1) is 19.7. The molecule has 3 aromatic rings. The van der Waals surface area contributed by atoms with Gasteiger partial charge in [-0.3, -0.25) is 4.79 Å². The molecule has 1 aromatic heterocycles. The Bertz CT molecular complexity index is 1070. The molecule has 1 unspecified atom stereocenters. The van der Waals surface area contributed by atoms with Crippen LogP contribution in [0.5, 0.6) is 0 Å². The number of halogens is 1. The highest BCUT2D eigenvalue weighted by molar-refractivity contribution is 5.80. The maximum Gasteiger partial charge on any atom is 0.227 e. The van der Waals surface area contributed by atoms with Gasteiger partial charge in [0.1, 0.15) is 5.82 Å². The molecule has 31 heavy (non-hydrogen) atoms. The number of aromatic nitrogens is 2. The molecule has 2 aromatic carbocycles. The van der Waals surface area contributed by atoms with Crippen molar-refractivity contribution in [3.05, 3.63) is 77.6 Å². The van der Waals surface area contributed by atoms with Crippen molar-refractivity contribution in [2.75, 3.05) is 24.5 Å². The standard InChI is InChI=1S/C25H25FN4O/c26-22-9-7-19(8-10-22)23-11-12-24(28-27-23)29-14-3-6-21(17-29)25(31)30-15-13-18-4-1-2-5-20(18)16-30/h1-2,4-5,7-12,21H,3,6,13-17H2. The summed E-state index contributed by atoms with van der Waals surface area (Å²) >= 11 is 0. The zero-order valence-electron chi connectivity index (χ0n) is 17.4. The van der Waals surface area contributed by atoms with Crippen molar-refractivity contribution >= 4 is 11.7 Å². The fraction of sp³-hybridized carbons (Fsp3) is 0.320. The second-order valence-electron chi connectivity index (χ2n) is 8.35. The fourth-order valence-electron chi connectivity index (χ4n) is 4.60. The van der Waals surface area contributed by atoms with Crippen LogP contribution in [0.3, 0.4) is 0 Å². The van der Waals surface area contributed by atoms with Crippen molar-refractivity contribution in [1.82, 2.24) is 15.1 Å². The first-order valence-electron chi connectivity index (χ1n) is 10.9. The zero-order chi connectivity index (χ0) is 21.2. The van der Waals surface area contributed by atoms with Crippen molar-refractivity contribution in [1.29, 1.82) is 0 Å². The minimum absolute atomic E-state index is 0.0161. The van der Waals surface area contributed by atoms with Crippen LogP contribution in [0.2, 0.25) is 0 Å². The van der Waals surface area contributed by atoms with E-state index >= 15 is 0 Å². The predicted octanol–water partition coefficient (Wildman–Crippen LogP) is 4.08. The van der Waals surface area contributed by atoms with E-state index in [1.165, 1.54) is 23.3 Å². The van der Waals surface area contributed by atoms with Gasteiger partial charge in [-0.05, 0) is 66.8 Å². The molecule has 0 bridgehead atoms. The molecule has 1 saturated heterocycles. The smallest absolute Gasteiger partial charge is 0.227 e. The number of carbonyl (C=O) groups is 1. The van der Waals surface area contributed by atoms with Crippen LogP contribution in [0.25, 0.3) is 11.3 Å². The van der Waals surface area contributed by atoms with E-state index < -0.39 is 0 Å². The zero-order valence-corrected chi connectivity index (χ0v) is 17.4. The van der Waals surface area contributed by atoms with Crippen LogP contribution in [0.15, 0.2) is 60.7 Å². The second kappa shape index (κ2) is 8.46. The summed E-state index contributed by atoms with van der Waals surface area (Å²) in [6.45, 7) is 3.04. The molecule has 0 radical (unpaired) electrons. The molecule has 1 amide bonds. The molecule has 6 heteroatoms. The van der Waals surface area contributed by atoms with Gasteiger partial charge in [-0.2, -0.15) is 0 Å². The molecule has 158 valence electrons. The summed E-state index contributed by atoms with van der Waals surface area (Å²) in [6.07, 6.45) is 2.80. The lowest BCUT2D eigenvalue weighted by molar-refractivity contribution is -0.136. The van der Waals surface area contributed by atoms with E-state index in [9.17, 15) is 9.18 Å². The third-order valence-corrected chi connectivity index (χ3v) is 6.33. The first-order valence-corrected chi connectivity index (χ1v) is 10.9. The van der Waals surface area contributed by atoms with Gasteiger partial charge in [0.05, 0.1) is 11.6 Å². The quantitative estimate of drug-likeness (QED) is 0.646. The molecule has 2 aliphatic heterocycles. The summed E-state index contributed by atoms with van der Waals surface area (Å²) in [5, 5.41) is 8.72. The molecule has 5 nitrogen and oxygen atoms in total. The Kier molecular flexibility index (Phi) is 5.37. The molecule has 1 fully saturated rings. The molecule has 2 aliphatic rings. The maximum absolute atomic E-state index is 13.2. The summed E-state index contributed by atoms with van der Waals surface area (Å²) in [5.74, 6) is 0.745. The van der Waals surface area contributed by atoms with Crippen molar-refractivity contribution in [2.45, 2.75) is 25.8 Å². The topological polar surface area (TPSA) is 49.3 Å². The van der Waals surface area contributed by atoms with Gasteiger partial charge >= 0.3 is 0 Å². The lowest BCUT2D eigenvalue weighted by Crippen LogP contribution is -2.46. The van der Waals surface area contributed by atoms with Gasteiger partial charge in [0.15, 0.2) is 5.82 Å². The number of fused-ring (bicyclic) bond motifs is 1. The fourth-order valence-corrected chi connectivity index (χ4v) is 4.60. The Hall–Kier alpha value is -3.28.